The van der Waals surface area contributed by atoms with Crippen LogP contribution < -0.4 is 25.8 Å². The van der Waals surface area contributed by atoms with Gasteiger partial charge in [0.2, 0.25) is 0 Å². The number of benzene rings is 1. The summed E-state index contributed by atoms with van der Waals surface area (Å²) >= 11 is 6.75. The first-order chi connectivity index (χ1) is 21.8. The van der Waals surface area contributed by atoms with Gasteiger partial charge in [0.15, 0.2) is 11.6 Å². The van der Waals surface area contributed by atoms with Gasteiger partial charge in [0.1, 0.15) is 42.3 Å². The van der Waals surface area contributed by atoms with Crippen molar-refractivity contribution in [2.75, 3.05) is 62.9 Å². The Bertz CT molecular complexity index is 1810. The first-order valence-corrected chi connectivity index (χ1v) is 14.8. The third kappa shape index (κ3) is 5.78. The van der Waals surface area contributed by atoms with Gasteiger partial charge in [0.05, 0.1) is 46.4 Å². The summed E-state index contributed by atoms with van der Waals surface area (Å²) in [6.45, 7) is 5.17. The first-order valence-electron chi connectivity index (χ1n) is 14.4. The van der Waals surface area contributed by atoms with Crippen LogP contribution >= 0.6 is 11.6 Å². The summed E-state index contributed by atoms with van der Waals surface area (Å²) in [4.78, 5) is 21.0. The average Bonchev–Trinajstić information content (AvgIpc) is 3.18. The Morgan fingerprint density at radius 1 is 1.17 bits per heavy atom. The minimum absolute atomic E-state index is 0.00864. The summed E-state index contributed by atoms with van der Waals surface area (Å²) in [6.07, 6.45) is -3.67. The molecule has 244 valence electrons. The minimum atomic E-state index is -4.91. The second-order valence-corrected chi connectivity index (χ2v) is 11.6. The number of rotatable bonds is 6. The lowest BCUT2D eigenvalue weighted by Crippen LogP contribution is -2.42. The van der Waals surface area contributed by atoms with E-state index in [9.17, 15) is 13.2 Å². The lowest BCUT2D eigenvalue weighted by atomic mass is 9.98. The molecule has 0 saturated carbocycles. The SMILES string of the molecule is Cc1cc(N)nc(-c2c(Cl)c3c4c(nc(OC[C@H]5CN(C)CCO5)nc4c2F)N([C@H](C)c2cccnc2N)CCO3)c1C(F)(F)F. The van der Waals surface area contributed by atoms with Gasteiger partial charge in [-0.3, -0.25) is 0 Å². The van der Waals surface area contributed by atoms with Gasteiger partial charge in [-0.2, -0.15) is 23.1 Å². The predicted octanol–water partition coefficient (Wildman–Crippen LogP) is 5.04. The molecule has 1 fully saturated rings. The zero-order valence-corrected chi connectivity index (χ0v) is 25.9. The van der Waals surface area contributed by atoms with Crippen LogP contribution in [0.3, 0.4) is 0 Å². The second kappa shape index (κ2) is 12.2. The molecule has 0 radical (unpaired) electrons. The number of aryl methyl sites for hydroxylation is 1. The van der Waals surface area contributed by atoms with E-state index >= 15 is 4.39 Å². The fourth-order valence-corrected chi connectivity index (χ4v) is 6.22. The second-order valence-electron chi connectivity index (χ2n) is 11.2. The fraction of sp³-hybridized carbons (Fsp3) is 0.400. The van der Waals surface area contributed by atoms with Gasteiger partial charge >= 0.3 is 12.2 Å². The maximum atomic E-state index is 16.8. The number of aromatic nitrogens is 4. The van der Waals surface area contributed by atoms with Gasteiger partial charge < -0.3 is 35.5 Å². The van der Waals surface area contributed by atoms with Crippen LogP contribution in [0.25, 0.3) is 22.2 Å². The van der Waals surface area contributed by atoms with E-state index in [1.54, 1.807) is 18.3 Å². The number of nitrogen functional groups attached to an aromatic ring is 2. The number of hydrogen-bond donors (Lipinski definition) is 2. The molecule has 4 N–H and O–H groups in total. The summed E-state index contributed by atoms with van der Waals surface area (Å²) < 4.78 is 77.7. The highest BCUT2D eigenvalue weighted by atomic mass is 35.5. The molecule has 0 spiro atoms. The van der Waals surface area contributed by atoms with Crippen LogP contribution in [0.4, 0.5) is 35.0 Å². The van der Waals surface area contributed by atoms with E-state index in [-0.39, 0.29) is 71.5 Å². The van der Waals surface area contributed by atoms with Crippen LogP contribution in [0.5, 0.6) is 11.8 Å². The minimum Gasteiger partial charge on any atom is -0.489 e. The highest BCUT2D eigenvalue weighted by molar-refractivity contribution is 6.36. The average molecular weight is 663 g/mol. The summed E-state index contributed by atoms with van der Waals surface area (Å²) in [5.41, 5.74) is 9.47. The maximum Gasteiger partial charge on any atom is 0.418 e. The van der Waals surface area contributed by atoms with Crippen molar-refractivity contribution in [1.82, 2.24) is 24.8 Å². The van der Waals surface area contributed by atoms with Gasteiger partial charge in [-0.15, -0.1) is 0 Å². The number of morpholine rings is 1. The van der Waals surface area contributed by atoms with Crippen molar-refractivity contribution < 1.29 is 31.8 Å². The number of nitrogens with zero attached hydrogens (tertiary/aromatic N) is 6. The van der Waals surface area contributed by atoms with Gasteiger partial charge in [-0.25, -0.2) is 14.4 Å². The van der Waals surface area contributed by atoms with E-state index in [1.807, 2.05) is 18.9 Å². The number of alkyl halides is 3. The van der Waals surface area contributed by atoms with Crippen molar-refractivity contribution in [3.05, 3.63) is 51.9 Å². The smallest absolute Gasteiger partial charge is 0.418 e. The first kappa shape index (κ1) is 31.8. The van der Waals surface area contributed by atoms with E-state index in [0.717, 1.165) is 12.6 Å². The van der Waals surface area contributed by atoms with E-state index < -0.39 is 39.9 Å². The van der Waals surface area contributed by atoms with Crippen LogP contribution in [-0.2, 0) is 10.9 Å². The quantitative estimate of drug-likeness (QED) is 0.269. The van der Waals surface area contributed by atoms with E-state index in [2.05, 4.69) is 24.8 Å². The van der Waals surface area contributed by atoms with Crippen LogP contribution in [-0.4, -0.2) is 77.4 Å². The van der Waals surface area contributed by atoms with E-state index in [4.69, 9.17) is 37.3 Å². The van der Waals surface area contributed by atoms with Gasteiger partial charge in [-0.1, -0.05) is 17.7 Å². The normalized spacial score (nSPS) is 17.9. The van der Waals surface area contributed by atoms with Crippen LogP contribution in [0.2, 0.25) is 5.02 Å². The number of pyridine rings is 2. The number of nitrogens with two attached hydrogens (primary N) is 2. The predicted molar refractivity (Wildman–Crippen MR) is 165 cm³/mol. The Labute approximate surface area is 266 Å². The Morgan fingerprint density at radius 2 is 1.96 bits per heavy atom. The van der Waals surface area contributed by atoms with Crippen molar-refractivity contribution in [1.29, 1.82) is 0 Å². The highest BCUT2D eigenvalue weighted by Gasteiger charge is 2.40. The molecule has 2 atom stereocenters. The third-order valence-electron chi connectivity index (χ3n) is 8.08. The van der Waals surface area contributed by atoms with Gasteiger partial charge in [0.25, 0.3) is 0 Å². The standard InChI is InChI=1S/C30H31ClF4N8O3/c1-14-11-18(36)39-24(21(14)30(33,34)35)19-22(31)26-20-25(23(19)32)40-29(46-13-16-12-42(3)7-9-44-16)41-28(20)43(8-10-45-26)15(2)17-5-4-6-38-27(17)37/h4-6,11,15-16H,7-10,12-13H2,1-3H3,(H2,36,39)(H2,37,38)/t15-,16-/m1/s1. The van der Waals surface area contributed by atoms with Crippen LogP contribution in [0.1, 0.15) is 29.7 Å². The number of anilines is 3. The van der Waals surface area contributed by atoms with Crippen LogP contribution in [0, 0.1) is 12.7 Å². The van der Waals surface area contributed by atoms with Crippen molar-refractivity contribution >= 4 is 40.0 Å². The Morgan fingerprint density at radius 3 is 2.67 bits per heavy atom. The molecule has 0 unspecified atom stereocenters. The number of likely N-dealkylation sites (N-methyl/N-ethyl adjacent to an activating group) is 1. The summed E-state index contributed by atoms with van der Waals surface area (Å²) in [6, 6.07) is 3.92. The molecule has 0 bridgehead atoms. The molecule has 2 aliphatic heterocycles. The van der Waals surface area contributed by atoms with Crippen molar-refractivity contribution in [3.8, 4) is 23.0 Å². The third-order valence-corrected chi connectivity index (χ3v) is 8.44. The largest absolute Gasteiger partial charge is 0.489 e. The Balaban J connectivity index is 1.59. The molecule has 4 aromatic rings. The molecule has 2 aliphatic rings. The lowest BCUT2D eigenvalue weighted by Gasteiger charge is -2.31. The zero-order valence-electron chi connectivity index (χ0n) is 25.2. The molecular weight excluding hydrogens is 632 g/mol. The Hall–Kier alpha value is -4.21. The molecule has 11 nitrogen and oxygen atoms in total. The maximum absolute atomic E-state index is 16.8. The molecule has 0 amide bonds. The van der Waals surface area contributed by atoms with Gasteiger partial charge in [-0.05, 0) is 38.6 Å². The van der Waals surface area contributed by atoms with Crippen molar-refractivity contribution in [2.45, 2.75) is 32.2 Å². The van der Waals surface area contributed by atoms with Crippen LogP contribution in [0.15, 0.2) is 24.4 Å². The van der Waals surface area contributed by atoms with E-state index in [0.29, 0.717) is 18.7 Å². The zero-order chi connectivity index (χ0) is 32.9. The van der Waals surface area contributed by atoms with Crippen molar-refractivity contribution in [3.63, 3.8) is 0 Å². The molecule has 5 heterocycles. The molecule has 1 aromatic carbocycles. The molecular formula is C30H31ClF4N8O3. The lowest BCUT2D eigenvalue weighted by molar-refractivity contribution is -0.137. The Kier molecular flexibility index (Phi) is 8.42. The number of hydrogen-bond acceptors (Lipinski definition) is 11. The number of ether oxygens (including phenoxy) is 3. The van der Waals surface area contributed by atoms with Crippen molar-refractivity contribution in [2.24, 2.45) is 0 Å². The molecule has 0 aliphatic carbocycles. The summed E-state index contributed by atoms with van der Waals surface area (Å²) in [5.74, 6) is -1.06. The fourth-order valence-electron chi connectivity index (χ4n) is 5.90. The molecule has 1 saturated heterocycles. The van der Waals surface area contributed by atoms with E-state index in [1.165, 1.54) is 6.92 Å². The summed E-state index contributed by atoms with van der Waals surface area (Å²) in [7, 11) is 1.95. The molecule has 46 heavy (non-hydrogen) atoms. The molecule has 16 heteroatoms. The molecule has 6 rings (SSSR count). The topological polar surface area (TPSA) is 138 Å². The highest BCUT2D eigenvalue weighted by Crippen LogP contribution is 2.50. The van der Waals surface area contributed by atoms with Gasteiger partial charge in [0, 0.05) is 24.8 Å². The summed E-state index contributed by atoms with van der Waals surface area (Å²) in [5, 5.41) is -0.381. The molecule has 3 aromatic heterocycles. The number of halogens is 5. The monoisotopic (exact) mass is 662 g/mol.